The van der Waals surface area contributed by atoms with Gasteiger partial charge in [0.1, 0.15) is 6.10 Å². The molecule has 0 amide bonds. The van der Waals surface area contributed by atoms with E-state index in [4.69, 9.17) is 14.2 Å². The number of ether oxygens (including phenoxy) is 3. The third-order valence-electron chi connectivity index (χ3n) is 2.66. The fourth-order valence-electron chi connectivity index (χ4n) is 1.68. The topological polar surface area (TPSA) is 34.3 Å². The van der Waals surface area contributed by atoms with Crippen LogP contribution < -0.4 is 0 Å². The molecule has 2 aliphatic heterocycles. The number of hydrogen-bond acceptors (Lipinski definition) is 3. The monoisotopic (exact) mass is 198 g/mol. The summed E-state index contributed by atoms with van der Waals surface area (Å²) < 4.78 is 16.1. The van der Waals surface area contributed by atoms with Crippen LogP contribution in [0.5, 0.6) is 0 Å². The third kappa shape index (κ3) is 2.56. The largest absolute Gasteiger partial charge is 0.369 e. The van der Waals surface area contributed by atoms with E-state index in [-0.39, 0.29) is 12.4 Å². The second-order valence-electron chi connectivity index (χ2n) is 3.87. The van der Waals surface area contributed by atoms with Crippen molar-refractivity contribution in [2.75, 3.05) is 6.61 Å². The molecule has 0 aliphatic carbocycles. The summed E-state index contributed by atoms with van der Waals surface area (Å²) in [6.45, 7) is 6.55. The molecule has 0 radical (unpaired) electrons. The van der Waals surface area contributed by atoms with Crippen molar-refractivity contribution < 1.29 is 14.2 Å². The quantitative estimate of drug-likeness (QED) is 0.462. The van der Waals surface area contributed by atoms with Gasteiger partial charge in [-0.15, -0.1) is 6.58 Å². The van der Waals surface area contributed by atoms with Gasteiger partial charge in [-0.2, -0.15) is 0 Å². The first-order valence-electron chi connectivity index (χ1n) is 5.40. The van der Waals surface area contributed by atoms with Gasteiger partial charge in [-0.25, -0.2) is 0 Å². The zero-order valence-electron chi connectivity index (χ0n) is 8.65. The molecule has 0 spiro atoms. The molecule has 2 heterocycles. The van der Waals surface area contributed by atoms with E-state index < -0.39 is 0 Å². The van der Waals surface area contributed by atoms with E-state index in [1.54, 1.807) is 6.08 Å². The molecule has 4 unspecified atom stereocenters. The Hall–Kier alpha value is -0.380. The third-order valence-corrected chi connectivity index (χ3v) is 2.66. The first-order chi connectivity index (χ1) is 6.85. The zero-order chi connectivity index (χ0) is 9.97. The molecule has 3 heteroatoms. The van der Waals surface area contributed by atoms with Crippen molar-refractivity contribution >= 4 is 0 Å². The van der Waals surface area contributed by atoms with Crippen molar-refractivity contribution in [3.05, 3.63) is 12.7 Å². The molecule has 3 nitrogen and oxygen atoms in total. The van der Waals surface area contributed by atoms with Gasteiger partial charge in [0.05, 0.1) is 18.8 Å². The summed E-state index contributed by atoms with van der Waals surface area (Å²) >= 11 is 0. The molecule has 4 atom stereocenters. The highest BCUT2D eigenvalue weighted by atomic mass is 16.8. The summed E-state index contributed by atoms with van der Waals surface area (Å²) in [6, 6.07) is 0. The maximum Gasteiger partial charge on any atom is 0.188 e. The molecule has 0 aromatic heterocycles. The van der Waals surface area contributed by atoms with Gasteiger partial charge in [0.15, 0.2) is 6.29 Å². The predicted octanol–water partition coefficient (Wildman–Crippen LogP) is 1.87. The highest BCUT2D eigenvalue weighted by Gasteiger charge is 2.40. The summed E-state index contributed by atoms with van der Waals surface area (Å²) in [5.41, 5.74) is 0. The summed E-state index contributed by atoms with van der Waals surface area (Å²) in [4.78, 5) is 0. The van der Waals surface area contributed by atoms with Gasteiger partial charge in [0, 0.05) is 0 Å². The van der Waals surface area contributed by atoms with Gasteiger partial charge >= 0.3 is 0 Å². The van der Waals surface area contributed by atoms with Crippen LogP contribution in [0.3, 0.4) is 0 Å². The second kappa shape index (κ2) is 4.43. The molecule has 0 N–H and O–H groups in total. The Bertz CT molecular complexity index is 205. The lowest BCUT2D eigenvalue weighted by Gasteiger charge is -1.96. The van der Waals surface area contributed by atoms with Crippen molar-refractivity contribution in [1.29, 1.82) is 0 Å². The van der Waals surface area contributed by atoms with Crippen molar-refractivity contribution in [2.24, 2.45) is 0 Å². The Labute approximate surface area is 85.0 Å². The minimum Gasteiger partial charge on any atom is -0.369 e. The Morgan fingerprint density at radius 1 is 1.29 bits per heavy atom. The van der Waals surface area contributed by atoms with Crippen LogP contribution in [0.15, 0.2) is 12.7 Å². The SMILES string of the molecule is C=CC1OC1OCCC1OC1CCC. The molecule has 14 heavy (non-hydrogen) atoms. The zero-order valence-corrected chi connectivity index (χ0v) is 8.65. The van der Waals surface area contributed by atoms with Gasteiger partial charge in [-0.3, -0.25) is 0 Å². The average molecular weight is 198 g/mol. The van der Waals surface area contributed by atoms with Gasteiger partial charge in [0.2, 0.25) is 0 Å². The molecule has 0 aromatic carbocycles. The van der Waals surface area contributed by atoms with Crippen LogP contribution in [-0.4, -0.2) is 31.2 Å². The van der Waals surface area contributed by atoms with Crippen LogP contribution in [0, 0.1) is 0 Å². The van der Waals surface area contributed by atoms with E-state index in [1.807, 2.05) is 0 Å². The smallest absolute Gasteiger partial charge is 0.188 e. The van der Waals surface area contributed by atoms with E-state index in [0.717, 1.165) is 13.0 Å². The molecule has 2 aliphatic rings. The second-order valence-corrected chi connectivity index (χ2v) is 3.87. The highest BCUT2D eigenvalue weighted by molar-refractivity contribution is 4.93. The fraction of sp³-hybridized carbons (Fsp3) is 0.818. The molecule has 0 saturated carbocycles. The predicted molar refractivity (Wildman–Crippen MR) is 53.0 cm³/mol. The van der Waals surface area contributed by atoms with Crippen molar-refractivity contribution in [1.82, 2.24) is 0 Å². The molecule has 0 bridgehead atoms. The molecule has 2 saturated heterocycles. The fourth-order valence-corrected chi connectivity index (χ4v) is 1.68. The molecule has 2 fully saturated rings. The minimum atomic E-state index is -0.0316. The Morgan fingerprint density at radius 2 is 2.07 bits per heavy atom. The molecule has 2 rings (SSSR count). The maximum atomic E-state index is 5.47. The van der Waals surface area contributed by atoms with Crippen LogP contribution in [0.2, 0.25) is 0 Å². The van der Waals surface area contributed by atoms with Crippen LogP contribution in [0.4, 0.5) is 0 Å². The van der Waals surface area contributed by atoms with Gasteiger partial charge in [0.25, 0.3) is 0 Å². The highest BCUT2D eigenvalue weighted by Crippen LogP contribution is 2.30. The minimum absolute atomic E-state index is 0.0316. The Balaban J connectivity index is 1.47. The van der Waals surface area contributed by atoms with Crippen molar-refractivity contribution in [3.8, 4) is 0 Å². The molecule has 0 aromatic rings. The van der Waals surface area contributed by atoms with E-state index in [2.05, 4.69) is 13.5 Å². The number of hydrogen-bond donors (Lipinski definition) is 0. The maximum absolute atomic E-state index is 5.47. The molecular weight excluding hydrogens is 180 g/mol. The van der Waals surface area contributed by atoms with Crippen molar-refractivity contribution in [2.45, 2.75) is 50.8 Å². The Morgan fingerprint density at radius 3 is 2.71 bits per heavy atom. The van der Waals surface area contributed by atoms with Crippen LogP contribution in [-0.2, 0) is 14.2 Å². The lowest BCUT2D eigenvalue weighted by molar-refractivity contribution is 0.0459. The summed E-state index contributed by atoms with van der Waals surface area (Å²) in [5, 5.41) is 0. The van der Waals surface area contributed by atoms with Gasteiger partial charge in [-0.1, -0.05) is 19.4 Å². The van der Waals surface area contributed by atoms with Crippen molar-refractivity contribution in [3.63, 3.8) is 0 Å². The van der Waals surface area contributed by atoms with Gasteiger partial charge in [-0.05, 0) is 12.8 Å². The standard InChI is InChI=1S/C11H18O3/c1-3-5-9-10(13-9)6-7-12-11-8(4-2)14-11/h4,8-11H,2-3,5-7H2,1H3. The lowest BCUT2D eigenvalue weighted by atomic mass is 10.2. The first-order valence-corrected chi connectivity index (χ1v) is 5.40. The Kier molecular flexibility index (Phi) is 3.21. The number of epoxide rings is 2. The first kappa shape index (κ1) is 10.1. The van der Waals surface area contributed by atoms with E-state index in [9.17, 15) is 0 Å². The van der Waals surface area contributed by atoms with Crippen LogP contribution >= 0.6 is 0 Å². The lowest BCUT2D eigenvalue weighted by Crippen LogP contribution is -2.04. The van der Waals surface area contributed by atoms with E-state index in [0.29, 0.717) is 12.2 Å². The van der Waals surface area contributed by atoms with Crippen LogP contribution in [0.25, 0.3) is 0 Å². The normalized spacial score (nSPS) is 39.5. The van der Waals surface area contributed by atoms with Crippen LogP contribution in [0.1, 0.15) is 26.2 Å². The summed E-state index contributed by atoms with van der Waals surface area (Å²) in [5.74, 6) is 0. The number of rotatable bonds is 7. The van der Waals surface area contributed by atoms with E-state index >= 15 is 0 Å². The van der Waals surface area contributed by atoms with Gasteiger partial charge < -0.3 is 14.2 Å². The molecular formula is C11H18O3. The molecule has 80 valence electrons. The summed E-state index contributed by atoms with van der Waals surface area (Å²) in [7, 11) is 0. The summed E-state index contributed by atoms with van der Waals surface area (Å²) in [6.07, 6.45) is 6.19. The average Bonchev–Trinajstić information content (AvgIpc) is 3.05. The van der Waals surface area contributed by atoms with E-state index in [1.165, 1.54) is 12.8 Å².